The number of benzene rings is 2. The summed E-state index contributed by atoms with van der Waals surface area (Å²) in [6.07, 6.45) is 0.260. The minimum Gasteiger partial charge on any atom is -0.445 e. The molecule has 2 rings (SSSR count). The number of amides is 2. The molecule has 150 valence electrons. The molecule has 0 aromatic heterocycles. The van der Waals surface area contributed by atoms with Crippen LogP contribution in [-0.4, -0.2) is 45.5 Å². The Bertz CT molecular complexity index is 885. The Balaban J connectivity index is 2.05. The number of carbonyl (C=O) groups excluding carboxylic acids is 2. The molecule has 1 N–H and O–H groups in total. The van der Waals surface area contributed by atoms with Gasteiger partial charge < -0.3 is 15.0 Å². The van der Waals surface area contributed by atoms with Gasteiger partial charge in [0.25, 0.3) is 0 Å². The van der Waals surface area contributed by atoms with Crippen LogP contribution in [0.2, 0.25) is 0 Å². The van der Waals surface area contributed by atoms with Crippen molar-refractivity contribution in [3.8, 4) is 0 Å². The maximum atomic E-state index is 12.8. The maximum absolute atomic E-state index is 12.8. The number of anilines is 1. The van der Waals surface area contributed by atoms with E-state index in [4.69, 9.17) is 4.74 Å². The van der Waals surface area contributed by atoms with Crippen LogP contribution >= 0.6 is 0 Å². The van der Waals surface area contributed by atoms with Crippen LogP contribution in [0.1, 0.15) is 12.0 Å². The zero-order chi connectivity index (χ0) is 20.6. The summed E-state index contributed by atoms with van der Waals surface area (Å²) in [7, 11) is -1.73. The smallest absolute Gasteiger partial charge is 0.408 e. The maximum Gasteiger partial charge on any atom is 0.408 e. The number of rotatable bonds is 8. The monoisotopic (exact) mass is 404 g/mol. The average Bonchev–Trinajstić information content (AvgIpc) is 2.69. The van der Waals surface area contributed by atoms with Gasteiger partial charge in [0, 0.05) is 19.0 Å². The molecule has 0 fully saturated rings. The lowest BCUT2D eigenvalue weighted by Gasteiger charge is -2.24. The van der Waals surface area contributed by atoms with Crippen molar-refractivity contribution in [1.82, 2.24) is 5.32 Å². The van der Waals surface area contributed by atoms with E-state index in [9.17, 15) is 18.0 Å². The van der Waals surface area contributed by atoms with Gasteiger partial charge in [-0.2, -0.15) is 0 Å². The fourth-order valence-corrected chi connectivity index (χ4v) is 3.17. The lowest BCUT2D eigenvalue weighted by molar-refractivity contribution is -0.120. The molecule has 0 heterocycles. The molecule has 0 aliphatic rings. The van der Waals surface area contributed by atoms with Gasteiger partial charge in [-0.1, -0.05) is 48.5 Å². The molecule has 0 radical (unpaired) electrons. The Morgan fingerprint density at radius 2 is 1.61 bits per heavy atom. The standard InChI is InChI=1S/C20H24N2O5S/c1-22(17-11-7-4-8-12-17)19(23)18(13-14-28(2,25)26)21-20(24)27-15-16-9-5-3-6-10-16/h3-12,18H,13-15H2,1-2H3,(H,21,24). The lowest BCUT2D eigenvalue weighted by atomic mass is 10.2. The molecule has 0 aliphatic heterocycles. The molecular weight excluding hydrogens is 380 g/mol. The summed E-state index contributed by atoms with van der Waals surface area (Å²) in [5.74, 6) is -0.656. The summed E-state index contributed by atoms with van der Waals surface area (Å²) < 4.78 is 28.2. The SMILES string of the molecule is CN(C(=O)C(CCS(C)(=O)=O)NC(=O)OCc1ccccc1)c1ccccc1. The van der Waals surface area contributed by atoms with Crippen LogP contribution in [0.3, 0.4) is 0 Å². The molecule has 2 aromatic rings. The fraction of sp³-hybridized carbons (Fsp3) is 0.300. The molecular formula is C20H24N2O5S. The van der Waals surface area contributed by atoms with Crippen molar-refractivity contribution < 1.29 is 22.7 Å². The number of alkyl carbamates (subject to hydrolysis) is 1. The van der Waals surface area contributed by atoms with Crippen molar-refractivity contribution in [1.29, 1.82) is 0 Å². The second kappa shape index (κ2) is 9.89. The molecule has 0 saturated carbocycles. The molecule has 8 heteroatoms. The predicted octanol–water partition coefficient (Wildman–Crippen LogP) is 2.38. The van der Waals surface area contributed by atoms with Gasteiger partial charge in [-0.25, -0.2) is 13.2 Å². The average molecular weight is 404 g/mol. The van der Waals surface area contributed by atoms with Crippen LogP contribution in [0, 0.1) is 0 Å². The number of hydrogen-bond acceptors (Lipinski definition) is 5. The molecule has 2 amide bonds. The molecule has 1 atom stereocenters. The summed E-state index contributed by atoms with van der Waals surface area (Å²) in [5.41, 5.74) is 1.44. The first-order valence-corrected chi connectivity index (χ1v) is 10.8. The third-order valence-corrected chi connectivity index (χ3v) is 5.03. The Labute approximate surface area is 165 Å². The van der Waals surface area contributed by atoms with Crippen molar-refractivity contribution in [2.75, 3.05) is 24.0 Å². The lowest BCUT2D eigenvalue weighted by Crippen LogP contribution is -2.48. The largest absolute Gasteiger partial charge is 0.445 e. The van der Waals surface area contributed by atoms with Crippen molar-refractivity contribution >= 4 is 27.5 Å². The van der Waals surface area contributed by atoms with E-state index in [1.54, 1.807) is 31.3 Å². The summed E-state index contributed by atoms with van der Waals surface area (Å²) in [6.45, 7) is 0.0498. The Morgan fingerprint density at radius 3 is 2.18 bits per heavy atom. The highest BCUT2D eigenvalue weighted by Gasteiger charge is 2.26. The number of hydrogen-bond donors (Lipinski definition) is 1. The van der Waals surface area contributed by atoms with E-state index in [2.05, 4.69) is 5.32 Å². The van der Waals surface area contributed by atoms with Crippen molar-refractivity contribution in [2.45, 2.75) is 19.1 Å². The Hall–Kier alpha value is -2.87. The first kappa shape index (κ1) is 21.4. The first-order valence-electron chi connectivity index (χ1n) is 8.74. The summed E-state index contributed by atoms with van der Waals surface area (Å²) in [4.78, 5) is 26.4. The van der Waals surface area contributed by atoms with Gasteiger partial charge in [0.2, 0.25) is 5.91 Å². The number of nitrogens with one attached hydrogen (secondary N) is 1. The van der Waals surface area contributed by atoms with E-state index in [0.29, 0.717) is 5.69 Å². The van der Waals surface area contributed by atoms with E-state index < -0.39 is 27.9 Å². The van der Waals surface area contributed by atoms with Crippen molar-refractivity contribution in [3.05, 3.63) is 66.2 Å². The molecule has 1 unspecified atom stereocenters. The van der Waals surface area contributed by atoms with Crippen LogP contribution < -0.4 is 10.2 Å². The van der Waals surface area contributed by atoms with E-state index >= 15 is 0 Å². The highest BCUT2D eigenvalue weighted by atomic mass is 32.2. The minimum absolute atomic E-state index is 0.0464. The van der Waals surface area contributed by atoms with Gasteiger partial charge in [-0.3, -0.25) is 4.79 Å². The third kappa shape index (κ3) is 7.03. The summed E-state index contributed by atoms with van der Waals surface area (Å²) in [5, 5.41) is 2.49. The topological polar surface area (TPSA) is 92.8 Å². The first-order chi connectivity index (χ1) is 13.3. The molecule has 0 spiro atoms. The second-order valence-electron chi connectivity index (χ2n) is 6.41. The van der Waals surface area contributed by atoms with E-state index in [0.717, 1.165) is 11.8 Å². The normalized spacial score (nSPS) is 12.1. The number of para-hydroxylation sites is 1. The zero-order valence-corrected chi connectivity index (χ0v) is 16.7. The van der Waals surface area contributed by atoms with Crippen LogP contribution in [0.25, 0.3) is 0 Å². The number of nitrogens with zero attached hydrogens (tertiary/aromatic N) is 1. The highest BCUT2D eigenvalue weighted by Crippen LogP contribution is 2.14. The quantitative estimate of drug-likeness (QED) is 0.729. The molecule has 7 nitrogen and oxygen atoms in total. The number of ether oxygens (including phenoxy) is 1. The minimum atomic E-state index is -3.30. The Kier molecular flexibility index (Phi) is 7.57. The zero-order valence-electron chi connectivity index (χ0n) is 15.9. The van der Waals surface area contributed by atoms with Gasteiger partial charge >= 0.3 is 6.09 Å². The number of sulfone groups is 1. The van der Waals surface area contributed by atoms with E-state index in [1.165, 1.54) is 4.90 Å². The second-order valence-corrected chi connectivity index (χ2v) is 8.67. The molecule has 0 saturated heterocycles. The van der Waals surface area contributed by atoms with Gasteiger partial charge in [-0.05, 0) is 24.1 Å². The van der Waals surface area contributed by atoms with E-state index in [1.807, 2.05) is 36.4 Å². The summed E-state index contributed by atoms with van der Waals surface area (Å²) in [6, 6.07) is 17.0. The highest BCUT2D eigenvalue weighted by molar-refractivity contribution is 7.90. The van der Waals surface area contributed by atoms with Crippen LogP contribution in [0.5, 0.6) is 0 Å². The predicted molar refractivity (Wildman–Crippen MR) is 108 cm³/mol. The van der Waals surface area contributed by atoms with Gasteiger partial charge in [-0.15, -0.1) is 0 Å². The van der Waals surface area contributed by atoms with E-state index in [-0.39, 0.29) is 18.8 Å². The van der Waals surface area contributed by atoms with Gasteiger partial charge in [0.1, 0.15) is 22.5 Å². The molecule has 28 heavy (non-hydrogen) atoms. The van der Waals surface area contributed by atoms with Crippen LogP contribution in [-0.2, 0) is 26.0 Å². The third-order valence-electron chi connectivity index (χ3n) is 4.05. The van der Waals surface area contributed by atoms with Gasteiger partial charge in [0.05, 0.1) is 5.75 Å². The van der Waals surface area contributed by atoms with Crippen LogP contribution in [0.4, 0.5) is 10.5 Å². The number of carbonyl (C=O) groups is 2. The van der Waals surface area contributed by atoms with Crippen molar-refractivity contribution in [2.24, 2.45) is 0 Å². The van der Waals surface area contributed by atoms with Gasteiger partial charge in [0.15, 0.2) is 0 Å². The number of likely N-dealkylation sites (N-methyl/N-ethyl adjacent to an activating group) is 1. The fourth-order valence-electron chi connectivity index (χ4n) is 2.51. The molecule has 2 aromatic carbocycles. The van der Waals surface area contributed by atoms with Crippen LogP contribution in [0.15, 0.2) is 60.7 Å². The Morgan fingerprint density at radius 1 is 1.04 bits per heavy atom. The van der Waals surface area contributed by atoms with Crippen molar-refractivity contribution in [3.63, 3.8) is 0 Å². The molecule has 0 bridgehead atoms. The summed E-state index contributed by atoms with van der Waals surface area (Å²) >= 11 is 0. The molecule has 0 aliphatic carbocycles.